The van der Waals surface area contributed by atoms with Crippen LogP contribution in [-0.2, 0) is 12.8 Å². The number of hydrogen-bond donors (Lipinski definition) is 1. The van der Waals surface area contributed by atoms with Crippen LogP contribution in [0.3, 0.4) is 0 Å². The molecule has 0 saturated heterocycles. The second-order valence-corrected chi connectivity index (χ2v) is 6.36. The van der Waals surface area contributed by atoms with Crippen molar-refractivity contribution in [3.63, 3.8) is 0 Å². The molecule has 2 aromatic carbocycles. The average molecular weight is 326 g/mol. The number of oxazole rings is 1. The molecule has 0 radical (unpaired) electrons. The van der Waals surface area contributed by atoms with Gasteiger partial charge < -0.3 is 9.73 Å². The fourth-order valence-electron chi connectivity index (χ4n) is 3.03. The first-order valence-electron chi connectivity index (χ1n) is 8.43. The van der Waals surface area contributed by atoms with E-state index in [1.165, 1.54) is 17.5 Å². The molecule has 24 heavy (non-hydrogen) atoms. The summed E-state index contributed by atoms with van der Waals surface area (Å²) < 4.78 is 18.8. The van der Waals surface area contributed by atoms with Gasteiger partial charge in [-0.3, -0.25) is 0 Å². The number of nitrogens with zero attached hydrogens (tertiary/aromatic N) is 1. The summed E-state index contributed by atoms with van der Waals surface area (Å²) in [5.74, 6) is -0.138. The van der Waals surface area contributed by atoms with Crippen molar-refractivity contribution < 1.29 is 8.81 Å². The van der Waals surface area contributed by atoms with Gasteiger partial charge in [-0.1, -0.05) is 24.3 Å². The maximum atomic E-state index is 13.3. The normalized spacial score (nSPS) is 12.6. The first-order valence-corrected chi connectivity index (χ1v) is 8.43. The zero-order chi connectivity index (χ0) is 16.9. The first-order chi connectivity index (χ1) is 11.6. The second kappa shape index (κ2) is 7.58. The van der Waals surface area contributed by atoms with E-state index < -0.39 is 0 Å². The van der Waals surface area contributed by atoms with Gasteiger partial charge in [-0.25, -0.2) is 9.37 Å². The predicted molar refractivity (Wildman–Crippen MR) is 94.6 cm³/mol. The third kappa shape index (κ3) is 4.01. The molecule has 1 heterocycles. The lowest BCUT2D eigenvalue weighted by Crippen LogP contribution is -2.29. The van der Waals surface area contributed by atoms with Crippen LogP contribution in [0.4, 0.5) is 4.39 Å². The van der Waals surface area contributed by atoms with Gasteiger partial charge in [0.15, 0.2) is 12.0 Å². The van der Waals surface area contributed by atoms with Gasteiger partial charge in [0.05, 0.1) is 0 Å². The molecule has 3 aromatic rings. The van der Waals surface area contributed by atoms with Crippen LogP contribution >= 0.6 is 0 Å². The number of halogens is 1. The number of fused-ring (bicyclic) bond motifs is 1. The van der Waals surface area contributed by atoms with Crippen molar-refractivity contribution >= 4 is 11.1 Å². The van der Waals surface area contributed by atoms with Crippen LogP contribution in [-0.4, -0.2) is 17.6 Å². The van der Waals surface area contributed by atoms with Crippen LogP contribution in [0.2, 0.25) is 0 Å². The summed E-state index contributed by atoms with van der Waals surface area (Å²) in [5, 5.41) is 3.54. The zero-order valence-corrected chi connectivity index (χ0v) is 14.2. The van der Waals surface area contributed by atoms with Crippen molar-refractivity contribution in [3.05, 3.63) is 65.3 Å². The lowest BCUT2D eigenvalue weighted by molar-refractivity contribution is 0.531. The van der Waals surface area contributed by atoms with Crippen molar-refractivity contribution in [2.24, 2.45) is 0 Å². The topological polar surface area (TPSA) is 38.1 Å². The highest BCUT2D eigenvalue weighted by molar-refractivity contribution is 5.75. The SMILES string of the molecule is Cc1cc(CC(C)NCCCc2cccc3ncoc23)ccc1F. The largest absolute Gasteiger partial charge is 0.443 e. The molecule has 3 rings (SSSR count). The van der Waals surface area contributed by atoms with Crippen LogP contribution in [0.5, 0.6) is 0 Å². The fraction of sp³-hybridized carbons (Fsp3) is 0.350. The number of para-hydroxylation sites is 1. The summed E-state index contributed by atoms with van der Waals surface area (Å²) >= 11 is 0. The Morgan fingerprint density at radius 3 is 2.96 bits per heavy atom. The van der Waals surface area contributed by atoms with E-state index in [1.807, 2.05) is 24.3 Å². The van der Waals surface area contributed by atoms with E-state index in [9.17, 15) is 4.39 Å². The Balaban J connectivity index is 1.46. The minimum absolute atomic E-state index is 0.138. The standard InChI is InChI=1S/C20H23FN2O/c1-14-11-16(8-9-18(14)21)12-15(2)22-10-4-6-17-5-3-7-19-20(17)24-13-23-19/h3,5,7-9,11,13,15,22H,4,6,10,12H2,1-2H3. The highest BCUT2D eigenvalue weighted by atomic mass is 19.1. The van der Waals surface area contributed by atoms with Crippen LogP contribution in [0.25, 0.3) is 11.1 Å². The number of nitrogens with one attached hydrogen (secondary N) is 1. The third-order valence-corrected chi connectivity index (χ3v) is 4.32. The van der Waals surface area contributed by atoms with E-state index in [0.29, 0.717) is 11.6 Å². The van der Waals surface area contributed by atoms with Crippen molar-refractivity contribution in [2.75, 3.05) is 6.54 Å². The smallest absolute Gasteiger partial charge is 0.181 e. The average Bonchev–Trinajstić information content (AvgIpc) is 3.04. The molecule has 0 bridgehead atoms. The monoisotopic (exact) mass is 326 g/mol. The molecule has 0 fully saturated rings. The number of hydrogen-bond acceptors (Lipinski definition) is 3. The number of rotatable bonds is 7. The Labute approximate surface area is 141 Å². The molecule has 126 valence electrons. The van der Waals surface area contributed by atoms with Gasteiger partial charge in [-0.2, -0.15) is 0 Å². The predicted octanol–water partition coefficient (Wildman–Crippen LogP) is 4.43. The molecule has 3 nitrogen and oxygen atoms in total. The summed E-state index contributed by atoms with van der Waals surface area (Å²) in [5.41, 5.74) is 4.89. The van der Waals surface area contributed by atoms with E-state index in [2.05, 4.69) is 23.3 Å². The van der Waals surface area contributed by atoms with E-state index >= 15 is 0 Å². The fourth-order valence-corrected chi connectivity index (χ4v) is 3.03. The van der Waals surface area contributed by atoms with E-state index in [-0.39, 0.29) is 5.82 Å². The minimum Gasteiger partial charge on any atom is -0.443 e. The van der Waals surface area contributed by atoms with Gasteiger partial charge >= 0.3 is 0 Å². The van der Waals surface area contributed by atoms with Crippen molar-refractivity contribution in [1.82, 2.24) is 10.3 Å². The van der Waals surface area contributed by atoms with Gasteiger partial charge in [-0.15, -0.1) is 0 Å². The molecule has 0 aliphatic rings. The maximum Gasteiger partial charge on any atom is 0.181 e. The molecular formula is C20H23FN2O. The minimum atomic E-state index is -0.138. The zero-order valence-electron chi connectivity index (χ0n) is 14.2. The van der Waals surface area contributed by atoms with E-state index in [4.69, 9.17) is 4.42 Å². The Kier molecular flexibility index (Phi) is 5.26. The summed E-state index contributed by atoms with van der Waals surface area (Å²) in [6.45, 7) is 4.91. The van der Waals surface area contributed by atoms with Crippen LogP contribution in [0, 0.1) is 12.7 Å². The molecule has 0 aliphatic heterocycles. The van der Waals surface area contributed by atoms with Gasteiger partial charge in [0.2, 0.25) is 0 Å². The molecule has 4 heteroatoms. The van der Waals surface area contributed by atoms with Gasteiger partial charge in [0.1, 0.15) is 11.3 Å². The van der Waals surface area contributed by atoms with E-state index in [1.54, 1.807) is 13.0 Å². The van der Waals surface area contributed by atoms with Crippen LogP contribution in [0.15, 0.2) is 47.2 Å². The summed E-state index contributed by atoms with van der Waals surface area (Å²) in [7, 11) is 0. The van der Waals surface area contributed by atoms with Crippen molar-refractivity contribution in [1.29, 1.82) is 0 Å². The van der Waals surface area contributed by atoms with E-state index in [0.717, 1.165) is 36.9 Å². The highest BCUT2D eigenvalue weighted by Crippen LogP contribution is 2.18. The second-order valence-electron chi connectivity index (χ2n) is 6.36. The Morgan fingerprint density at radius 1 is 1.25 bits per heavy atom. The van der Waals surface area contributed by atoms with Crippen molar-refractivity contribution in [3.8, 4) is 0 Å². The van der Waals surface area contributed by atoms with Crippen LogP contribution in [0.1, 0.15) is 30.0 Å². The lowest BCUT2D eigenvalue weighted by atomic mass is 10.0. The molecule has 0 saturated carbocycles. The summed E-state index contributed by atoms with van der Waals surface area (Å²) in [6, 6.07) is 11.8. The molecule has 1 unspecified atom stereocenters. The molecule has 1 aromatic heterocycles. The third-order valence-electron chi connectivity index (χ3n) is 4.32. The number of aryl methyl sites for hydroxylation is 2. The number of benzene rings is 2. The molecule has 0 amide bonds. The van der Waals surface area contributed by atoms with Gasteiger partial charge in [0.25, 0.3) is 0 Å². The molecule has 0 aliphatic carbocycles. The number of aromatic nitrogens is 1. The Bertz CT molecular complexity index is 812. The maximum absolute atomic E-state index is 13.3. The van der Waals surface area contributed by atoms with Crippen LogP contribution < -0.4 is 5.32 Å². The van der Waals surface area contributed by atoms with Gasteiger partial charge in [-0.05, 0) is 68.5 Å². The molecule has 1 N–H and O–H groups in total. The molecule has 1 atom stereocenters. The first kappa shape index (κ1) is 16.7. The van der Waals surface area contributed by atoms with Crippen molar-refractivity contribution in [2.45, 2.75) is 39.2 Å². The Hall–Kier alpha value is -2.20. The molecular weight excluding hydrogens is 303 g/mol. The quantitative estimate of drug-likeness (QED) is 0.653. The summed E-state index contributed by atoms with van der Waals surface area (Å²) in [6.07, 6.45) is 4.40. The summed E-state index contributed by atoms with van der Waals surface area (Å²) in [4.78, 5) is 4.19. The highest BCUT2D eigenvalue weighted by Gasteiger charge is 2.07. The molecule has 0 spiro atoms. The lowest BCUT2D eigenvalue weighted by Gasteiger charge is -2.14. The van der Waals surface area contributed by atoms with Gasteiger partial charge in [0, 0.05) is 6.04 Å². The Morgan fingerprint density at radius 2 is 2.12 bits per heavy atom.